The zero-order valence-corrected chi connectivity index (χ0v) is 7.58. The predicted octanol–water partition coefficient (Wildman–Crippen LogP) is -0.419. The van der Waals surface area contributed by atoms with Crippen molar-refractivity contribution in [1.29, 1.82) is 0 Å². The summed E-state index contributed by atoms with van der Waals surface area (Å²) in [7, 11) is 4.34. The minimum atomic E-state index is 0.739. The van der Waals surface area contributed by atoms with E-state index < -0.39 is 0 Å². The monoisotopic (exact) mass is 157 g/mol. The van der Waals surface area contributed by atoms with Crippen LogP contribution in [0.5, 0.6) is 0 Å². The van der Waals surface area contributed by atoms with Crippen LogP contribution >= 0.6 is 0 Å². The Morgan fingerprint density at radius 1 is 1.64 bits per heavy atom. The Bertz CT molecular complexity index is 116. The van der Waals surface area contributed by atoms with Crippen LogP contribution in [0.4, 0.5) is 0 Å². The van der Waals surface area contributed by atoms with Crippen molar-refractivity contribution < 1.29 is 0 Å². The number of nitrogens with zero attached hydrogens (tertiary/aromatic N) is 2. The first kappa shape index (κ1) is 8.97. The van der Waals surface area contributed by atoms with Gasteiger partial charge in [-0.15, -0.1) is 0 Å². The molecule has 0 aliphatic carbocycles. The van der Waals surface area contributed by atoms with E-state index >= 15 is 0 Å². The molecule has 0 aromatic rings. The van der Waals surface area contributed by atoms with Gasteiger partial charge < -0.3 is 15.5 Å². The molecule has 0 bridgehead atoms. The quantitative estimate of drug-likeness (QED) is 0.604. The normalized spacial score (nSPS) is 26.7. The highest BCUT2D eigenvalue weighted by molar-refractivity contribution is 4.79. The number of rotatable bonds is 3. The number of hydrogen-bond acceptors (Lipinski definition) is 3. The van der Waals surface area contributed by atoms with Crippen molar-refractivity contribution in [2.75, 3.05) is 40.3 Å². The summed E-state index contributed by atoms with van der Waals surface area (Å²) in [6.45, 7) is 4.24. The van der Waals surface area contributed by atoms with Gasteiger partial charge in [-0.3, -0.25) is 0 Å². The lowest BCUT2D eigenvalue weighted by Crippen LogP contribution is -2.37. The smallest absolute Gasteiger partial charge is 0.0232 e. The van der Waals surface area contributed by atoms with Crippen molar-refractivity contribution in [3.63, 3.8) is 0 Å². The van der Waals surface area contributed by atoms with Crippen molar-refractivity contribution >= 4 is 0 Å². The molecule has 0 spiro atoms. The van der Waals surface area contributed by atoms with Gasteiger partial charge in [0.25, 0.3) is 0 Å². The second-order valence-corrected chi connectivity index (χ2v) is 3.47. The van der Waals surface area contributed by atoms with Crippen molar-refractivity contribution in [3.05, 3.63) is 0 Å². The summed E-state index contributed by atoms with van der Waals surface area (Å²) in [5.74, 6) is 0. The van der Waals surface area contributed by atoms with Crippen LogP contribution in [0, 0.1) is 0 Å². The number of nitrogens with two attached hydrogens (primary N) is 1. The van der Waals surface area contributed by atoms with Crippen molar-refractivity contribution in [1.82, 2.24) is 9.80 Å². The van der Waals surface area contributed by atoms with Crippen molar-refractivity contribution in [2.45, 2.75) is 12.5 Å². The average molecular weight is 157 g/mol. The first-order chi connectivity index (χ1) is 5.24. The molecule has 0 radical (unpaired) electrons. The molecule has 1 aliphatic heterocycles. The summed E-state index contributed by atoms with van der Waals surface area (Å²) >= 11 is 0. The molecule has 0 saturated carbocycles. The molecule has 1 aliphatic rings. The topological polar surface area (TPSA) is 32.5 Å². The Hall–Kier alpha value is -0.120. The van der Waals surface area contributed by atoms with Crippen LogP contribution in [0.2, 0.25) is 0 Å². The summed E-state index contributed by atoms with van der Waals surface area (Å²) in [5, 5.41) is 0. The van der Waals surface area contributed by atoms with Crippen LogP contribution in [-0.2, 0) is 0 Å². The van der Waals surface area contributed by atoms with E-state index in [2.05, 4.69) is 23.9 Å². The minimum Gasteiger partial charge on any atom is -0.329 e. The van der Waals surface area contributed by atoms with Crippen LogP contribution in [0.1, 0.15) is 6.42 Å². The molecule has 0 aromatic heterocycles. The third kappa shape index (κ3) is 2.43. The van der Waals surface area contributed by atoms with E-state index in [-0.39, 0.29) is 0 Å². The molecule has 1 fully saturated rings. The molecule has 3 nitrogen and oxygen atoms in total. The van der Waals surface area contributed by atoms with E-state index in [4.69, 9.17) is 5.73 Å². The molecule has 0 amide bonds. The molecule has 11 heavy (non-hydrogen) atoms. The fourth-order valence-corrected chi connectivity index (χ4v) is 1.66. The molecule has 1 heterocycles. The van der Waals surface area contributed by atoms with Crippen LogP contribution < -0.4 is 5.73 Å². The highest BCUT2D eigenvalue weighted by Crippen LogP contribution is 2.11. The van der Waals surface area contributed by atoms with Gasteiger partial charge in [0, 0.05) is 25.7 Å². The number of hydrogen-bond donors (Lipinski definition) is 1. The maximum absolute atomic E-state index is 5.48. The van der Waals surface area contributed by atoms with Crippen LogP contribution in [0.25, 0.3) is 0 Å². The average Bonchev–Trinajstić information content (AvgIpc) is 2.36. The molecule has 1 rings (SSSR count). The van der Waals surface area contributed by atoms with Gasteiger partial charge in [-0.1, -0.05) is 0 Å². The number of likely N-dealkylation sites (tertiary alicyclic amines) is 1. The van der Waals surface area contributed by atoms with E-state index in [1.165, 1.54) is 19.5 Å². The predicted molar refractivity (Wildman–Crippen MR) is 47.6 cm³/mol. The van der Waals surface area contributed by atoms with Gasteiger partial charge in [0.2, 0.25) is 0 Å². The Balaban J connectivity index is 2.25. The highest BCUT2D eigenvalue weighted by Gasteiger charge is 2.22. The van der Waals surface area contributed by atoms with Crippen molar-refractivity contribution in [3.8, 4) is 0 Å². The Labute approximate surface area is 69.1 Å². The minimum absolute atomic E-state index is 0.739. The summed E-state index contributed by atoms with van der Waals surface area (Å²) in [4.78, 5) is 4.74. The summed E-state index contributed by atoms with van der Waals surface area (Å²) < 4.78 is 0. The maximum Gasteiger partial charge on any atom is 0.0232 e. The van der Waals surface area contributed by atoms with Gasteiger partial charge >= 0.3 is 0 Å². The van der Waals surface area contributed by atoms with E-state index in [0.717, 1.165) is 19.1 Å². The van der Waals surface area contributed by atoms with E-state index in [1.807, 2.05) is 0 Å². The Morgan fingerprint density at radius 3 is 2.82 bits per heavy atom. The second kappa shape index (κ2) is 4.04. The third-order valence-electron chi connectivity index (χ3n) is 2.47. The van der Waals surface area contributed by atoms with Crippen LogP contribution in [0.15, 0.2) is 0 Å². The van der Waals surface area contributed by atoms with Crippen LogP contribution in [0.3, 0.4) is 0 Å². The van der Waals surface area contributed by atoms with E-state index in [0.29, 0.717) is 0 Å². The maximum atomic E-state index is 5.48. The molecular weight excluding hydrogens is 138 g/mol. The van der Waals surface area contributed by atoms with Gasteiger partial charge in [0.1, 0.15) is 0 Å². The lowest BCUT2D eigenvalue weighted by molar-refractivity contribution is 0.248. The van der Waals surface area contributed by atoms with Gasteiger partial charge in [-0.05, 0) is 27.1 Å². The molecular formula is C8H19N3. The lowest BCUT2D eigenvalue weighted by Gasteiger charge is -2.22. The number of likely N-dealkylation sites (N-methyl/N-ethyl adjacent to an activating group) is 2. The van der Waals surface area contributed by atoms with Crippen LogP contribution in [-0.4, -0.2) is 56.1 Å². The summed E-state index contributed by atoms with van der Waals surface area (Å²) in [6, 6.07) is 0.739. The van der Waals surface area contributed by atoms with E-state index in [9.17, 15) is 0 Å². The molecule has 3 heteroatoms. The molecule has 0 aromatic carbocycles. The van der Waals surface area contributed by atoms with Crippen molar-refractivity contribution in [2.24, 2.45) is 5.73 Å². The summed E-state index contributed by atoms with van der Waals surface area (Å²) in [6.07, 6.45) is 1.30. The Kier molecular flexibility index (Phi) is 3.30. The standard InChI is InChI=1S/C8H19N3/c1-10-5-3-8(7-10)11(2)6-4-9/h8H,3-7,9H2,1-2H3. The molecule has 2 N–H and O–H groups in total. The fraction of sp³-hybridized carbons (Fsp3) is 1.00. The second-order valence-electron chi connectivity index (χ2n) is 3.47. The van der Waals surface area contributed by atoms with Gasteiger partial charge in [-0.2, -0.15) is 0 Å². The zero-order valence-electron chi connectivity index (χ0n) is 7.58. The van der Waals surface area contributed by atoms with Gasteiger partial charge in [0.15, 0.2) is 0 Å². The highest BCUT2D eigenvalue weighted by atomic mass is 15.2. The molecule has 1 atom stereocenters. The molecule has 1 unspecified atom stereocenters. The SMILES string of the molecule is CN1CCC(N(C)CCN)C1. The van der Waals surface area contributed by atoms with E-state index in [1.54, 1.807) is 0 Å². The molecule has 66 valence electrons. The first-order valence-corrected chi connectivity index (χ1v) is 4.33. The molecule has 1 saturated heterocycles. The lowest BCUT2D eigenvalue weighted by atomic mass is 10.2. The Morgan fingerprint density at radius 2 is 2.36 bits per heavy atom. The zero-order chi connectivity index (χ0) is 8.27. The first-order valence-electron chi connectivity index (χ1n) is 4.33. The van der Waals surface area contributed by atoms with Gasteiger partial charge in [-0.25, -0.2) is 0 Å². The largest absolute Gasteiger partial charge is 0.329 e. The fourth-order valence-electron chi connectivity index (χ4n) is 1.66. The summed E-state index contributed by atoms with van der Waals surface area (Å²) in [5.41, 5.74) is 5.48. The third-order valence-corrected chi connectivity index (χ3v) is 2.47. The van der Waals surface area contributed by atoms with Gasteiger partial charge in [0.05, 0.1) is 0 Å².